The maximum Gasteiger partial charge on any atom is 0.335 e. The molecular weight excluding hydrogens is 286 g/mol. The third-order valence-corrected chi connectivity index (χ3v) is 3.37. The average Bonchev–Trinajstić information content (AvgIpc) is 2.35. The molecular formula is C12H14BrNO3. The summed E-state index contributed by atoms with van der Waals surface area (Å²) in [5.74, 6) is -1.01. The third kappa shape index (κ3) is 4.19. The van der Waals surface area contributed by atoms with E-state index in [0.717, 1.165) is 12.0 Å². The summed E-state index contributed by atoms with van der Waals surface area (Å²) in [6.07, 6.45) is 0.726. The largest absolute Gasteiger partial charge is 0.478 e. The van der Waals surface area contributed by atoms with E-state index in [2.05, 4.69) is 21.2 Å². The number of benzene rings is 1. The van der Waals surface area contributed by atoms with Gasteiger partial charge >= 0.3 is 5.97 Å². The Morgan fingerprint density at radius 2 is 1.94 bits per heavy atom. The number of rotatable bonds is 5. The van der Waals surface area contributed by atoms with E-state index in [0.29, 0.717) is 6.54 Å². The molecule has 2 N–H and O–H groups in total. The predicted octanol–water partition coefficient (Wildman–Crippen LogP) is 2.17. The van der Waals surface area contributed by atoms with Crippen molar-refractivity contribution in [2.75, 3.05) is 0 Å². The number of alkyl halides is 1. The standard InChI is InChI=1S/C12H14BrNO3/c1-2-10(13)11(15)14-7-8-3-5-9(6-4-8)12(16)17/h3-6,10H,2,7H2,1H3,(H,14,15)(H,16,17). The Morgan fingerprint density at radius 3 is 2.41 bits per heavy atom. The van der Waals surface area contributed by atoms with Crippen LogP contribution in [0.25, 0.3) is 0 Å². The van der Waals surface area contributed by atoms with Gasteiger partial charge in [0.1, 0.15) is 0 Å². The number of nitrogens with one attached hydrogen (secondary N) is 1. The Balaban J connectivity index is 2.53. The van der Waals surface area contributed by atoms with E-state index < -0.39 is 5.97 Å². The quantitative estimate of drug-likeness (QED) is 0.819. The number of hydrogen-bond acceptors (Lipinski definition) is 2. The molecule has 1 atom stereocenters. The molecule has 0 heterocycles. The van der Waals surface area contributed by atoms with Gasteiger partial charge in [0.15, 0.2) is 0 Å². The first-order chi connectivity index (χ1) is 8.04. The van der Waals surface area contributed by atoms with Crippen LogP contribution in [0, 0.1) is 0 Å². The first kappa shape index (κ1) is 13.7. The van der Waals surface area contributed by atoms with Gasteiger partial charge in [-0.25, -0.2) is 4.79 Å². The summed E-state index contributed by atoms with van der Waals surface area (Å²) in [6.45, 7) is 2.32. The van der Waals surface area contributed by atoms with Crippen LogP contribution in [0.3, 0.4) is 0 Å². The van der Waals surface area contributed by atoms with Crippen molar-refractivity contribution in [3.8, 4) is 0 Å². The van der Waals surface area contributed by atoms with Crippen molar-refractivity contribution in [1.29, 1.82) is 0 Å². The van der Waals surface area contributed by atoms with Gasteiger partial charge in [-0.1, -0.05) is 35.0 Å². The van der Waals surface area contributed by atoms with Gasteiger partial charge in [0, 0.05) is 6.54 Å². The van der Waals surface area contributed by atoms with E-state index in [1.807, 2.05) is 6.92 Å². The number of hydrogen-bond donors (Lipinski definition) is 2. The summed E-state index contributed by atoms with van der Waals surface area (Å²) in [5, 5.41) is 11.5. The SMILES string of the molecule is CCC(Br)C(=O)NCc1ccc(C(=O)O)cc1. The van der Waals surface area contributed by atoms with Crippen molar-refractivity contribution in [1.82, 2.24) is 5.32 Å². The van der Waals surface area contributed by atoms with E-state index in [1.54, 1.807) is 12.1 Å². The zero-order valence-electron chi connectivity index (χ0n) is 9.44. The second-order valence-electron chi connectivity index (χ2n) is 3.60. The normalized spacial score (nSPS) is 11.9. The summed E-state index contributed by atoms with van der Waals surface area (Å²) in [4.78, 5) is 21.9. The fourth-order valence-corrected chi connectivity index (χ4v) is 1.41. The molecule has 0 aliphatic rings. The summed E-state index contributed by atoms with van der Waals surface area (Å²) in [7, 11) is 0. The number of aromatic carboxylic acids is 1. The molecule has 0 saturated heterocycles. The molecule has 1 unspecified atom stereocenters. The molecule has 1 amide bonds. The van der Waals surface area contributed by atoms with Gasteiger partial charge in [-0.3, -0.25) is 4.79 Å². The first-order valence-electron chi connectivity index (χ1n) is 5.28. The lowest BCUT2D eigenvalue weighted by molar-refractivity contribution is -0.120. The lowest BCUT2D eigenvalue weighted by Crippen LogP contribution is -2.30. The van der Waals surface area contributed by atoms with Crippen molar-refractivity contribution in [3.63, 3.8) is 0 Å². The van der Waals surface area contributed by atoms with E-state index in [4.69, 9.17) is 5.11 Å². The Bertz CT molecular complexity index is 403. The Hall–Kier alpha value is -1.36. The molecule has 92 valence electrons. The van der Waals surface area contributed by atoms with Crippen LogP contribution in [0.15, 0.2) is 24.3 Å². The zero-order chi connectivity index (χ0) is 12.8. The molecule has 0 fully saturated rings. The van der Waals surface area contributed by atoms with Crippen LogP contribution in [0.5, 0.6) is 0 Å². The number of halogens is 1. The minimum absolute atomic E-state index is 0.0604. The first-order valence-corrected chi connectivity index (χ1v) is 6.20. The van der Waals surface area contributed by atoms with Crippen LogP contribution in [-0.4, -0.2) is 21.8 Å². The van der Waals surface area contributed by atoms with Crippen molar-refractivity contribution in [2.45, 2.75) is 24.7 Å². The van der Waals surface area contributed by atoms with Gasteiger partial charge in [-0.2, -0.15) is 0 Å². The van der Waals surface area contributed by atoms with Crippen LogP contribution < -0.4 is 5.32 Å². The van der Waals surface area contributed by atoms with Crippen LogP contribution in [0.4, 0.5) is 0 Å². The molecule has 0 aliphatic heterocycles. The second kappa shape index (κ2) is 6.39. The fourth-order valence-electron chi connectivity index (χ4n) is 1.25. The number of carbonyl (C=O) groups excluding carboxylic acids is 1. The second-order valence-corrected chi connectivity index (χ2v) is 4.70. The highest BCUT2D eigenvalue weighted by molar-refractivity contribution is 9.10. The summed E-state index contributed by atoms with van der Waals surface area (Å²) in [6, 6.07) is 6.43. The summed E-state index contributed by atoms with van der Waals surface area (Å²) >= 11 is 3.26. The van der Waals surface area contributed by atoms with Crippen LogP contribution in [-0.2, 0) is 11.3 Å². The summed E-state index contributed by atoms with van der Waals surface area (Å²) in [5.41, 5.74) is 1.12. The summed E-state index contributed by atoms with van der Waals surface area (Å²) < 4.78 is 0. The van der Waals surface area contributed by atoms with Crippen molar-refractivity contribution >= 4 is 27.8 Å². The minimum Gasteiger partial charge on any atom is -0.478 e. The molecule has 0 aromatic heterocycles. The lowest BCUT2D eigenvalue weighted by atomic mass is 10.1. The maximum atomic E-state index is 11.5. The molecule has 0 bridgehead atoms. The topological polar surface area (TPSA) is 66.4 Å². The predicted molar refractivity (Wildman–Crippen MR) is 68.3 cm³/mol. The molecule has 0 spiro atoms. The van der Waals surface area contributed by atoms with E-state index in [1.165, 1.54) is 12.1 Å². The number of carboxylic acid groups (broad SMARTS) is 1. The Labute approximate surface area is 108 Å². The van der Waals surface area contributed by atoms with Gasteiger partial charge in [0.05, 0.1) is 10.4 Å². The highest BCUT2D eigenvalue weighted by Gasteiger charge is 2.11. The molecule has 0 saturated carbocycles. The van der Waals surface area contributed by atoms with Crippen LogP contribution in [0.2, 0.25) is 0 Å². The molecule has 17 heavy (non-hydrogen) atoms. The number of amides is 1. The molecule has 0 aliphatic carbocycles. The van der Waals surface area contributed by atoms with E-state index in [-0.39, 0.29) is 16.3 Å². The molecule has 1 rings (SSSR count). The monoisotopic (exact) mass is 299 g/mol. The van der Waals surface area contributed by atoms with E-state index in [9.17, 15) is 9.59 Å². The minimum atomic E-state index is -0.952. The van der Waals surface area contributed by atoms with Crippen molar-refractivity contribution in [3.05, 3.63) is 35.4 Å². The van der Waals surface area contributed by atoms with Gasteiger partial charge in [0.25, 0.3) is 0 Å². The number of carboxylic acids is 1. The third-order valence-electron chi connectivity index (χ3n) is 2.31. The number of carbonyl (C=O) groups is 2. The Morgan fingerprint density at radius 1 is 1.35 bits per heavy atom. The molecule has 1 aromatic carbocycles. The smallest absolute Gasteiger partial charge is 0.335 e. The average molecular weight is 300 g/mol. The fraction of sp³-hybridized carbons (Fsp3) is 0.333. The van der Waals surface area contributed by atoms with Gasteiger partial charge in [-0.05, 0) is 24.1 Å². The highest BCUT2D eigenvalue weighted by Crippen LogP contribution is 2.06. The van der Waals surface area contributed by atoms with E-state index >= 15 is 0 Å². The molecule has 1 aromatic rings. The Kier molecular flexibility index (Phi) is 5.15. The van der Waals surface area contributed by atoms with Crippen LogP contribution in [0.1, 0.15) is 29.3 Å². The van der Waals surface area contributed by atoms with Gasteiger partial charge in [-0.15, -0.1) is 0 Å². The molecule has 0 radical (unpaired) electrons. The van der Waals surface area contributed by atoms with Crippen LogP contribution >= 0.6 is 15.9 Å². The van der Waals surface area contributed by atoms with Gasteiger partial charge in [0.2, 0.25) is 5.91 Å². The lowest BCUT2D eigenvalue weighted by Gasteiger charge is -2.08. The maximum absolute atomic E-state index is 11.5. The molecule has 4 nitrogen and oxygen atoms in total. The van der Waals surface area contributed by atoms with Gasteiger partial charge < -0.3 is 10.4 Å². The molecule has 5 heteroatoms. The van der Waals surface area contributed by atoms with Crippen molar-refractivity contribution in [2.24, 2.45) is 0 Å². The highest BCUT2D eigenvalue weighted by atomic mass is 79.9. The zero-order valence-corrected chi connectivity index (χ0v) is 11.0. The van der Waals surface area contributed by atoms with Crippen molar-refractivity contribution < 1.29 is 14.7 Å².